The Morgan fingerprint density at radius 2 is 2.25 bits per heavy atom. The van der Waals surface area contributed by atoms with Crippen molar-refractivity contribution in [1.82, 2.24) is 5.32 Å². The van der Waals surface area contributed by atoms with Crippen LogP contribution in [0.25, 0.3) is 0 Å². The molecule has 1 aromatic heterocycles. The van der Waals surface area contributed by atoms with E-state index < -0.39 is 5.97 Å². The maximum absolute atomic E-state index is 10.5. The van der Waals surface area contributed by atoms with Crippen molar-refractivity contribution in [3.05, 3.63) is 21.9 Å². The molecule has 0 aliphatic rings. The van der Waals surface area contributed by atoms with Crippen LogP contribution < -0.4 is 5.32 Å². The van der Waals surface area contributed by atoms with E-state index >= 15 is 0 Å². The molecule has 0 amide bonds. The Morgan fingerprint density at radius 1 is 1.56 bits per heavy atom. The molecule has 1 unspecified atom stereocenters. The summed E-state index contributed by atoms with van der Waals surface area (Å²) in [7, 11) is 0. The van der Waals surface area contributed by atoms with Crippen molar-refractivity contribution < 1.29 is 9.90 Å². The third-order valence-corrected chi connectivity index (χ3v) is 4.00. The molecule has 0 spiro atoms. The number of carboxylic acid groups (broad SMARTS) is 1. The van der Waals surface area contributed by atoms with E-state index in [2.05, 4.69) is 18.5 Å². The Bertz CT molecular complexity index is 338. The van der Waals surface area contributed by atoms with Crippen LogP contribution in [0.3, 0.4) is 0 Å². The molecule has 0 saturated carbocycles. The lowest BCUT2D eigenvalue weighted by atomic mass is 10.3. The van der Waals surface area contributed by atoms with Crippen LogP contribution in [0.2, 0.25) is 0 Å². The minimum absolute atomic E-state index is 0.130. The average molecular weight is 259 g/mol. The van der Waals surface area contributed by atoms with Gasteiger partial charge in [0.25, 0.3) is 0 Å². The van der Waals surface area contributed by atoms with Crippen LogP contribution in [0, 0.1) is 0 Å². The van der Waals surface area contributed by atoms with Crippen molar-refractivity contribution in [2.24, 2.45) is 0 Å². The summed E-state index contributed by atoms with van der Waals surface area (Å²) in [5, 5.41) is 12.1. The highest BCUT2D eigenvalue weighted by atomic mass is 32.2. The maximum Gasteiger partial charge on any atom is 0.308 e. The molecule has 1 heterocycles. The second kappa shape index (κ2) is 6.93. The van der Waals surface area contributed by atoms with Gasteiger partial charge in [-0.3, -0.25) is 4.79 Å². The molecule has 5 heteroatoms. The van der Waals surface area contributed by atoms with Crippen LogP contribution in [0.1, 0.15) is 16.7 Å². The lowest BCUT2D eigenvalue weighted by Crippen LogP contribution is -2.27. The third kappa shape index (κ3) is 5.01. The highest BCUT2D eigenvalue weighted by Crippen LogP contribution is 2.17. The molecule has 1 aromatic rings. The number of nitrogens with one attached hydrogen (secondary N) is 1. The fourth-order valence-electron chi connectivity index (χ4n) is 1.35. The molecule has 0 saturated heterocycles. The van der Waals surface area contributed by atoms with Gasteiger partial charge in [-0.1, -0.05) is 0 Å². The van der Waals surface area contributed by atoms with Crippen LogP contribution >= 0.6 is 23.1 Å². The number of thioether (sulfide) groups is 1. The van der Waals surface area contributed by atoms with Gasteiger partial charge >= 0.3 is 5.97 Å². The SMILES string of the molecule is CSCC(C)NCc1ccc(CC(=O)O)s1. The van der Waals surface area contributed by atoms with Gasteiger partial charge in [-0.2, -0.15) is 11.8 Å². The van der Waals surface area contributed by atoms with Crippen molar-refractivity contribution in [1.29, 1.82) is 0 Å². The molecule has 2 N–H and O–H groups in total. The summed E-state index contributed by atoms with van der Waals surface area (Å²) in [6.45, 7) is 2.98. The van der Waals surface area contributed by atoms with Crippen LogP contribution in [-0.4, -0.2) is 29.1 Å². The van der Waals surface area contributed by atoms with Crippen molar-refractivity contribution in [2.45, 2.75) is 25.9 Å². The zero-order valence-corrected chi connectivity index (χ0v) is 11.2. The van der Waals surface area contributed by atoms with Gasteiger partial charge in [0.1, 0.15) is 0 Å². The molecule has 1 atom stereocenters. The molecular weight excluding hydrogens is 242 g/mol. The second-order valence-corrected chi connectivity index (χ2v) is 5.84. The van der Waals surface area contributed by atoms with Gasteiger partial charge in [-0.05, 0) is 25.3 Å². The van der Waals surface area contributed by atoms with E-state index in [0.717, 1.165) is 17.2 Å². The molecule has 16 heavy (non-hydrogen) atoms. The normalized spacial score (nSPS) is 12.6. The lowest BCUT2D eigenvalue weighted by molar-refractivity contribution is -0.136. The first kappa shape index (κ1) is 13.5. The van der Waals surface area contributed by atoms with E-state index in [1.54, 1.807) is 11.3 Å². The van der Waals surface area contributed by atoms with Crippen molar-refractivity contribution in [2.75, 3.05) is 12.0 Å². The molecule has 0 bridgehead atoms. The fraction of sp³-hybridized carbons (Fsp3) is 0.545. The highest BCUT2D eigenvalue weighted by molar-refractivity contribution is 7.98. The van der Waals surface area contributed by atoms with Gasteiger partial charge in [-0.15, -0.1) is 11.3 Å². The van der Waals surface area contributed by atoms with E-state index in [-0.39, 0.29) is 6.42 Å². The zero-order valence-electron chi connectivity index (χ0n) is 9.53. The quantitative estimate of drug-likeness (QED) is 0.788. The lowest BCUT2D eigenvalue weighted by Gasteiger charge is -2.10. The molecule has 3 nitrogen and oxygen atoms in total. The Kier molecular flexibility index (Phi) is 5.87. The van der Waals surface area contributed by atoms with Crippen molar-refractivity contribution in [3.63, 3.8) is 0 Å². The summed E-state index contributed by atoms with van der Waals surface area (Å²) in [5.41, 5.74) is 0. The van der Waals surface area contributed by atoms with Gasteiger partial charge in [-0.25, -0.2) is 0 Å². The van der Waals surface area contributed by atoms with E-state index in [4.69, 9.17) is 5.11 Å². The summed E-state index contributed by atoms with van der Waals surface area (Å²) in [6.07, 6.45) is 2.22. The van der Waals surface area contributed by atoms with Crippen molar-refractivity contribution in [3.8, 4) is 0 Å². The molecule has 0 radical (unpaired) electrons. The highest BCUT2D eigenvalue weighted by Gasteiger charge is 2.05. The van der Waals surface area contributed by atoms with Crippen LogP contribution in [0.15, 0.2) is 12.1 Å². The van der Waals surface area contributed by atoms with Crippen LogP contribution in [-0.2, 0) is 17.8 Å². The number of hydrogen-bond donors (Lipinski definition) is 2. The molecule has 0 aromatic carbocycles. The number of aliphatic carboxylic acids is 1. The molecule has 1 rings (SSSR count). The molecule has 0 fully saturated rings. The topological polar surface area (TPSA) is 49.3 Å². The third-order valence-electron chi connectivity index (χ3n) is 2.08. The van der Waals surface area contributed by atoms with Gasteiger partial charge in [0, 0.05) is 28.1 Å². The molecule has 0 aliphatic carbocycles. The van der Waals surface area contributed by atoms with Gasteiger partial charge in [0.15, 0.2) is 0 Å². The summed E-state index contributed by atoms with van der Waals surface area (Å²) < 4.78 is 0. The van der Waals surface area contributed by atoms with Crippen LogP contribution in [0.5, 0.6) is 0 Å². The van der Waals surface area contributed by atoms with Crippen molar-refractivity contribution >= 4 is 29.1 Å². The Balaban J connectivity index is 2.37. The van der Waals surface area contributed by atoms with E-state index in [0.29, 0.717) is 6.04 Å². The first-order chi connectivity index (χ1) is 7.61. The smallest absolute Gasteiger partial charge is 0.308 e. The summed E-state index contributed by atoms with van der Waals surface area (Å²) in [4.78, 5) is 12.6. The monoisotopic (exact) mass is 259 g/mol. The Morgan fingerprint density at radius 3 is 2.88 bits per heavy atom. The van der Waals surface area contributed by atoms with E-state index in [1.165, 1.54) is 4.88 Å². The summed E-state index contributed by atoms with van der Waals surface area (Å²) in [6, 6.07) is 4.39. The number of rotatable bonds is 7. The predicted molar refractivity (Wildman–Crippen MR) is 70.3 cm³/mol. The second-order valence-electron chi connectivity index (χ2n) is 3.68. The number of hydrogen-bond acceptors (Lipinski definition) is 4. The summed E-state index contributed by atoms with van der Waals surface area (Å²) in [5.74, 6) is 0.324. The van der Waals surface area contributed by atoms with Crippen LogP contribution in [0.4, 0.5) is 0 Å². The summed E-state index contributed by atoms with van der Waals surface area (Å²) >= 11 is 3.39. The Labute approximate surface area is 104 Å². The first-order valence-electron chi connectivity index (χ1n) is 5.13. The maximum atomic E-state index is 10.5. The number of carboxylic acids is 1. The predicted octanol–water partition coefficient (Wildman–Crippen LogP) is 2.22. The number of carbonyl (C=O) groups is 1. The van der Waals surface area contributed by atoms with Gasteiger partial charge < -0.3 is 10.4 Å². The first-order valence-corrected chi connectivity index (χ1v) is 7.34. The largest absolute Gasteiger partial charge is 0.481 e. The number of thiophene rings is 1. The fourth-order valence-corrected chi connectivity index (χ4v) is 2.92. The van der Waals surface area contributed by atoms with Gasteiger partial charge in [0.2, 0.25) is 0 Å². The minimum atomic E-state index is -0.767. The molecular formula is C11H17NO2S2. The average Bonchev–Trinajstić information content (AvgIpc) is 2.62. The molecule has 90 valence electrons. The van der Waals surface area contributed by atoms with E-state index in [1.807, 2.05) is 23.9 Å². The minimum Gasteiger partial charge on any atom is -0.481 e. The van der Waals surface area contributed by atoms with Gasteiger partial charge in [0.05, 0.1) is 6.42 Å². The molecule has 0 aliphatic heterocycles. The Hall–Kier alpha value is -0.520. The van der Waals surface area contributed by atoms with E-state index in [9.17, 15) is 4.79 Å². The zero-order chi connectivity index (χ0) is 12.0. The standard InChI is InChI=1S/C11H17NO2S2/c1-8(7-15-2)12-6-10-4-3-9(16-10)5-11(13)14/h3-4,8,12H,5-7H2,1-2H3,(H,13,14).